The average molecular weight is 236 g/mol. The first kappa shape index (κ1) is 13.1. The van der Waals surface area contributed by atoms with Gasteiger partial charge in [-0.1, -0.05) is 13.0 Å². The van der Waals surface area contributed by atoms with Crippen molar-refractivity contribution >= 4 is 18.3 Å². The zero-order chi connectivity index (χ0) is 12.8. The highest BCUT2D eigenvalue weighted by Crippen LogP contribution is 2.16. The third-order valence-corrected chi connectivity index (χ3v) is 2.35. The highest BCUT2D eigenvalue weighted by atomic mass is 19.1. The van der Waals surface area contributed by atoms with Crippen LogP contribution in [0.25, 0.3) is 6.08 Å². The number of esters is 1. The second-order valence-electron chi connectivity index (χ2n) is 3.40. The minimum atomic E-state index is -0.580. The third kappa shape index (κ3) is 3.24. The number of carbonyl (C=O) groups is 2. The lowest BCUT2D eigenvalue weighted by Gasteiger charge is -2.05. The van der Waals surface area contributed by atoms with Crippen LogP contribution in [0.5, 0.6) is 0 Å². The molecular formula is C13H13FO3. The van der Waals surface area contributed by atoms with Crippen LogP contribution in [0.15, 0.2) is 18.2 Å². The van der Waals surface area contributed by atoms with E-state index >= 15 is 0 Å². The highest BCUT2D eigenvalue weighted by Gasteiger charge is 2.08. The summed E-state index contributed by atoms with van der Waals surface area (Å²) >= 11 is 0. The first-order valence-electron chi connectivity index (χ1n) is 5.16. The fraction of sp³-hybridized carbons (Fsp3) is 0.231. The molecule has 0 atom stereocenters. The fourth-order valence-electron chi connectivity index (χ4n) is 1.45. The quantitative estimate of drug-likeness (QED) is 0.458. The number of methoxy groups -OCH3 is 1. The molecule has 0 aliphatic heterocycles. The Bertz CT molecular complexity index is 464. The van der Waals surface area contributed by atoms with Gasteiger partial charge in [-0.05, 0) is 29.7 Å². The Hall–Kier alpha value is -1.97. The zero-order valence-corrected chi connectivity index (χ0v) is 9.70. The molecule has 90 valence electrons. The smallest absolute Gasteiger partial charge is 0.330 e. The Morgan fingerprint density at radius 3 is 2.71 bits per heavy atom. The molecule has 0 bridgehead atoms. The van der Waals surface area contributed by atoms with Gasteiger partial charge in [0.15, 0.2) is 6.29 Å². The molecule has 0 saturated carbocycles. The lowest BCUT2D eigenvalue weighted by atomic mass is 10.0. The van der Waals surface area contributed by atoms with E-state index in [1.54, 1.807) is 6.07 Å². The lowest BCUT2D eigenvalue weighted by molar-refractivity contribution is -0.134. The van der Waals surface area contributed by atoms with Crippen LogP contribution in [0.2, 0.25) is 0 Å². The van der Waals surface area contributed by atoms with Gasteiger partial charge < -0.3 is 4.74 Å². The Labute approximate surface area is 98.9 Å². The van der Waals surface area contributed by atoms with Crippen molar-refractivity contribution < 1.29 is 18.7 Å². The van der Waals surface area contributed by atoms with Gasteiger partial charge >= 0.3 is 5.97 Å². The molecule has 0 radical (unpaired) electrons. The largest absolute Gasteiger partial charge is 0.466 e. The van der Waals surface area contributed by atoms with Crippen LogP contribution in [0.4, 0.5) is 4.39 Å². The number of hydrogen-bond donors (Lipinski definition) is 0. The minimum Gasteiger partial charge on any atom is -0.466 e. The number of carbonyl (C=O) groups excluding carboxylic acids is 2. The Morgan fingerprint density at radius 2 is 2.18 bits per heavy atom. The van der Waals surface area contributed by atoms with Gasteiger partial charge in [-0.25, -0.2) is 9.18 Å². The molecule has 4 heteroatoms. The predicted octanol–water partition coefficient (Wildman–Crippen LogP) is 2.39. The number of ether oxygens (including phenoxy) is 1. The molecular weight excluding hydrogens is 223 g/mol. The molecule has 1 rings (SSSR count). The van der Waals surface area contributed by atoms with E-state index in [2.05, 4.69) is 4.74 Å². The summed E-state index contributed by atoms with van der Waals surface area (Å²) in [6, 6.07) is 2.88. The molecule has 0 aliphatic carbocycles. The second kappa shape index (κ2) is 5.94. The highest BCUT2D eigenvalue weighted by molar-refractivity contribution is 5.87. The molecule has 0 aliphatic rings. The summed E-state index contributed by atoms with van der Waals surface area (Å²) in [7, 11) is 1.26. The van der Waals surface area contributed by atoms with Crippen LogP contribution >= 0.6 is 0 Å². The van der Waals surface area contributed by atoms with E-state index in [0.29, 0.717) is 23.8 Å². The van der Waals surface area contributed by atoms with Crippen molar-refractivity contribution in [3.05, 3.63) is 40.7 Å². The Morgan fingerprint density at radius 1 is 1.47 bits per heavy atom. The monoisotopic (exact) mass is 236 g/mol. The average Bonchev–Trinajstić information content (AvgIpc) is 2.34. The Kier molecular flexibility index (Phi) is 4.57. The number of halogens is 1. The molecule has 0 fully saturated rings. The molecule has 0 saturated heterocycles. The van der Waals surface area contributed by atoms with E-state index in [9.17, 15) is 14.0 Å². The van der Waals surface area contributed by atoms with Crippen molar-refractivity contribution in [1.82, 2.24) is 0 Å². The number of hydrogen-bond acceptors (Lipinski definition) is 3. The lowest BCUT2D eigenvalue weighted by Crippen LogP contribution is -1.97. The van der Waals surface area contributed by atoms with Crippen LogP contribution in [-0.4, -0.2) is 19.4 Å². The van der Waals surface area contributed by atoms with Crippen molar-refractivity contribution in [3.63, 3.8) is 0 Å². The molecule has 0 unspecified atom stereocenters. The maximum atomic E-state index is 13.5. The summed E-state index contributed by atoms with van der Waals surface area (Å²) in [6.07, 6.45) is 3.70. The molecule has 1 aromatic rings. The van der Waals surface area contributed by atoms with Gasteiger partial charge in [0.25, 0.3) is 0 Å². The van der Waals surface area contributed by atoms with Crippen LogP contribution in [0.3, 0.4) is 0 Å². The minimum absolute atomic E-state index is 0.0720. The van der Waals surface area contributed by atoms with Crippen LogP contribution in [-0.2, 0) is 16.0 Å². The number of benzene rings is 1. The van der Waals surface area contributed by atoms with Gasteiger partial charge in [0.2, 0.25) is 0 Å². The van der Waals surface area contributed by atoms with Crippen molar-refractivity contribution in [1.29, 1.82) is 0 Å². The standard InChI is InChI=1S/C13H13FO3/c1-3-10-6-9(4-5-13(16)17-2)7-12(14)11(10)8-15/h4-8H,3H2,1-2H3/b5-4+. The van der Waals surface area contributed by atoms with Crippen molar-refractivity contribution in [2.24, 2.45) is 0 Å². The summed E-state index contributed by atoms with van der Waals surface area (Å²) in [5.41, 5.74) is 1.21. The summed E-state index contributed by atoms with van der Waals surface area (Å²) in [5, 5.41) is 0. The molecule has 0 heterocycles. The van der Waals surface area contributed by atoms with Crippen LogP contribution in [0, 0.1) is 5.82 Å². The van der Waals surface area contributed by atoms with E-state index < -0.39 is 11.8 Å². The van der Waals surface area contributed by atoms with E-state index in [-0.39, 0.29) is 5.56 Å². The van der Waals surface area contributed by atoms with Crippen molar-refractivity contribution in [3.8, 4) is 0 Å². The van der Waals surface area contributed by atoms with Crippen LogP contribution < -0.4 is 0 Å². The number of aryl methyl sites for hydroxylation is 1. The van der Waals surface area contributed by atoms with Gasteiger partial charge in [0.1, 0.15) is 5.82 Å². The maximum absolute atomic E-state index is 13.5. The second-order valence-corrected chi connectivity index (χ2v) is 3.40. The molecule has 17 heavy (non-hydrogen) atoms. The Balaban J connectivity index is 3.11. The van der Waals surface area contributed by atoms with E-state index in [0.717, 1.165) is 0 Å². The summed E-state index contributed by atoms with van der Waals surface area (Å²) < 4.78 is 18.0. The van der Waals surface area contributed by atoms with Crippen molar-refractivity contribution in [2.75, 3.05) is 7.11 Å². The number of rotatable bonds is 4. The van der Waals surface area contributed by atoms with Crippen LogP contribution in [0.1, 0.15) is 28.4 Å². The first-order chi connectivity index (χ1) is 8.12. The summed E-state index contributed by atoms with van der Waals surface area (Å²) in [5.74, 6) is -1.09. The molecule has 0 spiro atoms. The van der Waals surface area contributed by atoms with E-state index in [1.165, 1.54) is 25.3 Å². The molecule has 0 aromatic heterocycles. The van der Waals surface area contributed by atoms with E-state index in [4.69, 9.17) is 0 Å². The van der Waals surface area contributed by atoms with Gasteiger partial charge in [0, 0.05) is 6.08 Å². The molecule has 1 aromatic carbocycles. The maximum Gasteiger partial charge on any atom is 0.330 e. The topological polar surface area (TPSA) is 43.4 Å². The van der Waals surface area contributed by atoms with Gasteiger partial charge in [-0.2, -0.15) is 0 Å². The predicted molar refractivity (Wildman–Crippen MR) is 62.2 cm³/mol. The molecule has 0 amide bonds. The molecule has 3 nitrogen and oxygen atoms in total. The normalized spacial score (nSPS) is 10.5. The summed E-state index contributed by atoms with van der Waals surface area (Å²) in [4.78, 5) is 21.6. The van der Waals surface area contributed by atoms with Gasteiger partial charge in [-0.3, -0.25) is 4.79 Å². The first-order valence-corrected chi connectivity index (χ1v) is 5.16. The van der Waals surface area contributed by atoms with E-state index in [1.807, 2.05) is 6.92 Å². The van der Waals surface area contributed by atoms with Crippen molar-refractivity contribution in [2.45, 2.75) is 13.3 Å². The molecule has 0 N–H and O–H groups in total. The van der Waals surface area contributed by atoms with Gasteiger partial charge in [-0.15, -0.1) is 0 Å². The van der Waals surface area contributed by atoms with Gasteiger partial charge in [0.05, 0.1) is 12.7 Å². The number of aldehydes is 1. The fourth-order valence-corrected chi connectivity index (χ4v) is 1.45. The third-order valence-electron chi connectivity index (χ3n) is 2.35. The zero-order valence-electron chi connectivity index (χ0n) is 9.70. The summed E-state index contributed by atoms with van der Waals surface area (Å²) in [6.45, 7) is 1.83. The SMILES string of the molecule is CCc1cc(/C=C/C(=O)OC)cc(F)c1C=O.